The van der Waals surface area contributed by atoms with Crippen molar-refractivity contribution < 1.29 is 19.4 Å². The molecule has 7 heteroatoms. The molecule has 1 heterocycles. The summed E-state index contributed by atoms with van der Waals surface area (Å²) in [6, 6.07) is 0. The topological polar surface area (TPSA) is 94.1 Å². The molecule has 0 aromatic carbocycles. The minimum Gasteiger partial charge on any atom is -0.478 e. The first-order valence-corrected chi connectivity index (χ1v) is 6.40. The number of nitrogens with zero attached hydrogens (tertiary/aromatic N) is 1. The van der Waals surface area contributed by atoms with Gasteiger partial charge < -0.3 is 14.6 Å². The average molecular weight is 262 g/mol. The van der Waals surface area contributed by atoms with E-state index < -0.39 is 17.4 Å². The van der Waals surface area contributed by atoms with Gasteiger partial charge in [0.1, 0.15) is 5.04 Å². The van der Waals surface area contributed by atoms with Crippen LogP contribution in [0.3, 0.4) is 0 Å². The lowest BCUT2D eigenvalue weighted by molar-refractivity contribution is -0.169. The van der Waals surface area contributed by atoms with Gasteiger partial charge in [0.05, 0.1) is 0 Å². The molecule has 3 N–H and O–H groups in total. The lowest BCUT2D eigenvalue weighted by Crippen LogP contribution is -2.47. The summed E-state index contributed by atoms with van der Waals surface area (Å²) >= 11 is 1.26. The van der Waals surface area contributed by atoms with Crippen molar-refractivity contribution in [1.29, 1.82) is 0 Å². The maximum absolute atomic E-state index is 11.0. The predicted molar refractivity (Wildman–Crippen MR) is 66.1 cm³/mol. The first-order valence-electron chi connectivity index (χ1n) is 5.41. The molecule has 1 aliphatic rings. The summed E-state index contributed by atoms with van der Waals surface area (Å²) in [5, 5.41) is 9.47. The first kappa shape index (κ1) is 14.4. The Bertz CT molecular complexity index is 328. The van der Waals surface area contributed by atoms with Gasteiger partial charge in [0.15, 0.2) is 0 Å². The van der Waals surface area contributed by atoms with Gasteiger partial charge in [0.25, 0.3) is 0 Å². The largest absolute Gasteiger partial charge is 0.478 e. The highest BCUT2D eigenvalue weighted by Gasteiger charge is 2.45. The summed E-state index contributed by atoms with van der Waals surface area (Å²) in [6.07, 6.45) is 0. The highest BCUT2D eigenvalue weighted by Crippen LogP contribution is 2.32. The number of rotatable bonds is 6. The molecule has 6 nitrogen and oxygen atoms in total. The molecule has 1 rings (SSSR count). The molecule has 0 amide bonds. The molecular formula is C10H18N2O4S. The van der Waals surface area contributed by atoms with Crippen LogP contribution >= 0.6 is 11.8 Å². The Morgan fingerprint density at radius 1 is 1.59 bits per heavy atom. The lowest BCUT2D eigenvalue weighted by Gasteiger charge is -2.28. The van der Waals surface area contributed by atoms with Gasteiger partial charge in [0, 0.05) is 19.0 Å². The van der Waals surface area contributed by atoms with E-state index in [9.17, 15) is 4.79 Å². The van der Waals surface area contributed by atoms with Gasteiger partial charge in [-0.15, -0.1) is 11.8 Å². The van der Waals surface area contributed by atoms with Gasteiger partial charge in [-0.2, -0.15) is 0 Å². The fraction of sp³-hybridized carbons (Fsp3) is 0.800. The minimum atomic E-state index is -1.57. The van der Waals surface area contributed by atoms with Crippen LogP contribution < -0.4 is 5.73 Å². The molecule has 0 aromatic heterocycles. The van der Waals surface area contributed by atoms with Crippen molar-refractivity contribution in [1.82, 2.24) is 0 Å². The highest BCUT2D eigenvalue weighted by atomic mass is 32.2. The molecule has 0 unspecified atom stereocenters. The molecule has 0 saturated heterocycles. The number of thioether (sulfide) groups is 1. The second-order valence-electron chi connectivity index (χ2n) is 3.75. The van der Waals surface area contributed by atoms with Gasteiger partial charge in [0.2, 0.25) is 11.4 Å². The Kier molecular flexibility index (Phi) is 4.54. The maximum Gasteiger partial charge on any atom is 0.347 e. The maximum atomic E-state index is 11.0. The van der Waals surface area contributed by atoms with Crippen molar-refractivity contribution in [3.05, 3.63) is 0 Å². The van der Waals surface area contributed by atoms with Gasteiger partial charge in [-0.05, 0) is 20.8 Å². The summed E-state index contributed by atoms with van der Waals surface area (Å²) < 4.78 is 11.0. The number of ether oxygens (including phenoxy) is 2. The van der Waals surface area contributed by atoms with Crippen LogP contribution in [0, 0.1) is 0 Å². The Labute approximate surface area is 105 Å². The molecule has 0 saturated carbocycles. The van der Waals surface area contributed by atoms with Crippen molar-refractivity contribution in [3.8, 4) is 0 Å². The van der Waals surface area contributed by atoms with Crippen LogP contribution in [-0.2, 0) is 14.3 Å². The number of aliphatic imine (C=N–C) groups is 1. The van der Waals surface area contributed by atoms with E-state index in [0.29, 0.717) is 18.3 Å². The molecular weight excluding hydrogens is 244 g/mol. The van der Waals surface area contributed by atoms with E-state index in [0.717, 1.165) is 0 Å². The van der Waals surface area contributed by atoms with Crippen LogP contribution in [0.2, 0.25) is 0 Å². The number of nitrogens with two attached hydrogens (primary N) is 1. The molecule has 0 spiro atoms. The lowest BCUT2D eigenvalue weighted by atomic mass is 10.2. The van der Waals surface area contributed by atoms with Crippen LogP contribution in [0.5, 0.6) is 0 Å². The SMILES string of the molecule is CCOC(C)(OCC)C1=N[C@](N)(C(=O)O)CS1. The second kappa shape index (κ2) is 5.34. The van der Waals surface area contributed by atoms with Gasteiger partial charge in [-0.1, -0.05) is 0 Å². The van der Waals surface area contributed by atoms with Crippen LogP contribution in [-0.4, -0.2) is 46.5 Å². The summed E-state index contributed by atoms with van der Waals surface area (Å²) in [5.74, 6) is -1.96. The summed E-state index contributed by atoms with van der Waals surface area (Å²) in [5.41, 5.74) is 4.09. The van der Waals surface area contributed by atoms with Crippen LogP contribution in [0.1, 0.15) is 20.8 Å². The van der Waals surface area contributed by atoms with Gasteiger partial charge in [-0.3, -0.25) is 5.73 Å². The number of carboxylic acid groups (broad SMARTS) is 1. The van der Waals surface area contributed by atoms with Crippen molar-refractivity contribution in [2.45, 2.75) is 32.2 Å². The van der Waals surface area contributed by atoms with Crippen molar-refractivity contribution in [3.63, 3.8) is 0 Å². The Morgan fingerprint density at radius 2 is 2.12 bits per heavy atom. The normalized spacial score (nSPS) is 24.8. The number of hydrogen-bond acceptors (Lipinski definition) is 6. The van der Waals surface area contributed by atoms with E-state index in [2.05, 4.69) is 4.99 Å². The molecule has 1 atom stereocenters. The number of aliphatic carboxylic acids is 1. The molecule has 0 fully saturated rings. The molecule has 1 aliphatic heterocycles. The first-order chi connectivity index (χ1) is 7.88. The van der Waals surface area contributed by atoms with Gasteiger partial charge >= 0.3 is 5.97 Å². The zero-order valence-corrected chi connectivity index (χ0v) is 11.0. The fourth-order valence-corrected chi connectivity index (χ4v) is 2.63. The average Bonchev–Trinajstić information content (AvgIpc) is 2.64. The zero-order chi connectivity index (χ0) is 13.1. The summed E-state index contributed by atoms with van der Waals surface area (Å²) in [4.78, 5) is 15.0. The Balaban J connectivity index is 2.94. The molecule has 98 valence electrons. The smallest absolute Gasteiger partial charge is 0.347 e. The standard InChI is InChI=1S/C10H18N2O4S/c1-4-15-9(3,16-5-2)7-12-10(11,6-17-7)8(13)14/h4-6,11H2,1-3H3,(H,13,14)/t10-/m0/s1. The van der Waals surface area contributed by atoms with E-state index in [1.54, 1.807) is 6.92 Å². The van der Waals surface area contributed by atoms with Crippen LogP contribution in [0.4, 0.5) is 0 Å². The van der Waals surface area contributed by atoms with E-state index in [1.165, 1.54) is 11.8 Å². The summed E-state index contributed by atoms with van der Waals surface area (Å²) in [6.45, 7) is 6.29. The highest BCUT2D eigenvalue weighted by molar-refractivity contribution is 8.14. The molecule has 0 radical (unpaired) electrons. The third-order valence-corrected chi connectivity index (χ3v) is 3.65. The minimum absolute atomic E-state index is 0.188. The van der Waals surface area contributed by atoms with Crippen LogP contribution in [0.15, 0.2) is 4.99 Å². The van der Waals surface area contributed by atoms with Crippen LogP contribution in [0.25, 0.3) is 0 Å². The third-order valence-electron chi connectivity index (χ3n) is 2.33. The van der Waals surface area contributed by atoms with Crippen molar-refractivity contribution in [2.24, 2.45) is 10.7 Å². The zero-order valence-electron chi connectivity index (χ0n) is 10.2. The van der Waals surface area contributed by atoms with Crippen molar-refractivity contribution >= 4 is 22.8 Å². The predicted octanol–water partition coefficient (Wildman–Crippen LogP) is 0.661. The Morgan fingerprint density at radius 3 is 2.47 bits per heavy atom. The van der Waals surface area contributed by atoms with Gasteiger partial charge in [-0.25, -0.2) is 9.79 Å². The van der Waals surface area contributed by atoms with E-state index in [1.807, 2.05) is 13.8 Å². The number of hydrogen-bond donors (Lipinski definition) is 2. The summed E-state index contributed by atoms with van der Waals surface area (Å²) in [7, 11) is 0. The molecule has 17 heavy (non-hydrogen) atoms. The quantitative estimate of drug-likeness (QED) is 0.683. The monoisotopic (exact) mass is 262 g/mol. The molecule has 0 aromatic rings. The van der Waals surface area contributed by atoms with Crippen molar-refractivity contribution in [2.75, 3.05) is 19.0 Å². The molecule has 0 aliphatic carbocycles. The Hall–Kier alpha value is -0.630. The van der Waals surface area contributed by atoms with E-state index in [4.69, 9.17) is 20.3 Å². The second-order valence-corrected chi connectivity index (χ2v) is 4.71. The number of carbonyl (C=O) groups is 1. The third kappa shape index (κ3) is 2.98. The van der Waals surface area contributed by atoms with E-state index >= 15 is 0 Å². The fourth-order valence-electron chi connectivity index (χ4n) is 1.48. The molecule has 0 bridgehead atoms. The number of carboxylic acids is 1. The van der Waals surface area contributed by atoms with E-state index in [-0.39, 0.29) is 5.75 Å².